The van der Waals surface area contributed by atoms with E-state index in [-0.39, 0.29) is 18.8 Å². The predicted octanol–water partition coefficient (Wildman–Crippen LogP) is 1.78. The molecular weight excluding hydrogens is 196 g/mol. The van der Waals surface area contributed by atoms with Crippen LogP contribution >= 0.6 is 0 Å². The molecule has 15 heavy (non-hydrogen) atoms. The molecule has 1 aliphatic heterocycles. The van der Waals surface area contributed by atoms with Gasteiger partial charge in [-0.1, -0.05) is 19.3 Å². The Morgan fingerprint density at radius 2 is 2.00 bits per heavy atom. The molecule has 2 rings (SSSR count). The third kappa shape index (κ3) is 2.92. The summed E-state index contributed by atoms with van der Waals surface area (Å²) in [5.41, 5.74) is 0. The molecule has 1 heterocycles. The Morgan fingerprint density at radius 3 is 2.67 bits per heavy atom. The van der Waals surface area contributed by atoms with Crippen molar-refractivity contribution in [2.24, 2.45) is 5.92 Å². The van der Waals surface area contributed by atoms with Gasteiger partial charge in [-0.15, -0.1) is 0 Å². The Hall–Kier alpha value is -0.610. The van der Waals surface area contributed by atoms with E-state index in [1.807, 2.05) is 0 Å². The van der Waals surface area contributed by atoms with Crippen molar-refractivity contribution in [3.05, 3.63) is 0 Å². The lowest BCUT2D eigenvalue weighted by Crippen LogP contribution is -2.25. The maximum absolute atomic E-state index is 10.5. The van der Waals surface area contributed by atoms with Gasteiger partial charge in [-0.05, 0) is 12.8 Å². The van der Waals surface area contributed by atoms with Crippen LogP contribution < -0.4 is 0 Å². The summed E-state index contributed by atoms with van der Waals surface area (Å²) in [5, 5.41) is 8.63. The van der Waals surface area contributed by atoms with E-state index in [1.54, 1.807) is 0 Å². The Bertz CT molecular complexity index is 223. The minimum atomic E-state index is -0.812. The third-order valence-electron chi connectivity index (χ3n) is 3.21. The molecule has 86 valence electrons. The highest BCUT2D eigenvalue weighted by Crippen LogP contribution is 2.32. The topological polar surface area (TPSA) is 55.8 Å². The van der Waals surface area contributed by atoms with Crippen molar-refractivity contribution in [3.63, 3.8) is 0 Å². The quantitative estimate of drug-likeness (QED) is 0.778. The summed E-state index contributed by atoms with van der Waals surface area (Å²) >= 11 is 0. The lowest BCUT2D eigenvalue weighted by Gasteiger charge is -2.26. The maximum atomic E-state index is 10.5. The number of carbonyl (C=O) groups is 1. The van der Waals surface area contributed by atoms with Gasteiger partial charge < -0.3 is 14.6 Å². The molecule has 2 atom stereocenters. The van der Waals surface area contributed by atoms with Crippen molar-refractivity contribution in [2.45, 2.75) is 50.9 Å². The van der Waals surface area contributed by atoms with E-state index in [0.717, 1.165) is 12.8 Å². The average molecular weight is 214 g/mol. The minimum absolute atomic E-state index is 0.0587. The van der Waals surface area contributed by atoms with Crippen molar-refractivity contribution in [2.75, 3.05) is 6.61 Å². The SMILES string of the molecule is O=C(O)CC1COC(C2CCCCC2)O1. The number of aliphatic carboxylic acids is 1. The number of ether oxygens (including phenoxy) is 2. The molecule has 1 saturated carbocycles. The maximum Gasteiger partial charge on any atom is 0.306 e. The van der Waals surface area contributed by atoms with Crippen LogP contribution in [-0.4, -0.2) is 30.1 Å². The van der Waals surface area contributed by atoms with E-state index >= 15 is 0 Å². The van der Waals surface area contributed by atoms with Crippen molar-refractivity contribution >= 4 is 5.97 Å². The number of hydrogen-bond acceptors (Lipinski definition) is 3. The zero-order valence-corrected chi connectivity index (χ0v) is 8.85. The van der Waals surface area contributed by atoms with Gasteiger partial charge in [0.1, 0.15) is 0 Å². The summed E-state index contributed by atoms with van der Waals surface area (Å²) in [4.78, 5) is 10.5. The molecule has 0 bridgehead atoms. The molecule has 2 fully saturated rings. The molecule has 0 aromatic rings. The molecule has 0 spiro atoms. The van der Waals surface area contributed by atoms with Crippen LogP contribution in [-0.2, 0) is 14.3 Å². The Morgan fingerprint density at radius 1 is 1.27 bits per heavy atom. The van der Waals surface area contributed by atoms with Gasteiger partial charge in [-0.3, -0.25) is 4.79 Å². The van der Waals surface area contributed by atoms with Crippen LogP contribution in [0, 0.1) is 5.92 Å². The van der Waals surface area contributed by atoms with Gasteiger partial charge in [-0.25, -0.2) is 0 Å². The van der Waals surface area contributed by atoms with Gasteiger partial charge in [0.05, 0.1) is 19.1 Å². The summed E-state index contributed by atoms with van der Waals surface area (Å²) < 4.78 is 11.1. The fraction of sp³-hybridized carbons (Fsp3) is 0.909. The molecule has 2 aliphatic rings. The van der Waals surface area contributed by atoms with Gasteiger partial charge in [-0.2, -0.15) is 0 Å². The molecule has 0 aromatic carbocycles. The Labute approximate surface area is 89.6 Å². The van der Waals surface area contributed by atoms with Crippen LogP contribution in [0.25, 0.3) is 0 Å². The van der Waals surface area contributed by atoms with E-state index < -0.39 is 5.97 Å². The van der Waals surface area contributed by atoms with Crippen LogP contribution in [0.4, 0.5) is 0 Å². The molecule has 4 heteroatoms. The van der Waals surface area contributed by atoms with Crippen molar-refractivity contribution in [3.8, 4) is 0 Å². The van der Waals surface area contributed by atoms with E-state index in [0.29, 0.717) is 12.5 Å². The van der Waals surface area contributed by atoms with E-state index in [9.17, 15) is 4.79 Å². The summed E-state index contributed by atoms with van der Waals surface area (Å²) in [6, 6.07) is 0. The zero-order chi connectivity index (χ0) is 10.7. The predicted molar refractivity (Wildman–Crippen MR) is 53.4 cm³/mol. The van der Waals surface area contributed by atoms with Gasteiger partial charge in [0, 0.05) is 5.92 Å². The van der Waals surface area contributed by atoms with Crippen LogP contribution in [0.3, 0.4) is 0 Å². The fourth-order valence-electron chi connectivity index (χ4n) is 2.43. The molecular formula is C11H18O4. The molecule has 1 saturated heterocycles. The van der Waals surface area contributed by atoms with Crippen molar-refractivity contribution < 1.29 is 19.4 Å². The molecule has 0 radical (unpaired) electrons. The van der Waals surface area contributed by atoms with Crippen LogP contribution in [0.15, 0.2) is 0 Å². The average Bonchev–Trinajstić information content (AvgIpc) is 2.67. The fourth-order valence-corrected chi connectivity index (χ4v) is 2.43. The lowest BCUT2D eigenvalue weighted by atomic mass is 9.89. The van der Waals surface area contributed by atoms with Gasteiger partial charge in [0.2, 0.25) is 0 Å². The zero-order valence-electron chi connectivity index (χ0n) is 8.85. The highest BCUT2D eigenvalue weighted by Gasteiger charge is 2.33. The highest BCUT2D eigenvalue weighted by atomic mass is 16.7. The highest BCUT2D eigenvalue weighted by molar-refractivity contribution is 5.67. The van der Waals surface area contributed by atoms with Crippen LogP contribution in [0.1, 0.15) is 38.5 Å². The number of hydrogen-bond donors (Lipinski definition) is 1. The second kappa shape index (κ2) is 4.94. The largest absolute Gasteiger partial charge is 0.481 e. The van der Waals surface area contributed by atoms with Crippen LogP contribution in [0.2, 0.25) is 0 Å². The standard InChI is InChI=1S/C11H18O4/c12-10(13)6-9-7-14-11(15-9)8-4-2-1-3-5-8/h8-9,11H,1-7H2,(H,12,13). The molecule has 1 aliphatic carbocycles. The number of rotatable bonds is 3. The first-order valence-corrected chi connectivity index (χ1v) is 5.74. The molecule has 1 N–H and O–H groups in total. The lowest BCUT2D eigenvalue weighted by molar-refractivity contribution is -0.142. The van der Waals surface area contributed by atoms with E-state index in [4.69, 9.17) is 14.6 Å². The first kappa shape index (κ1) is 10.9. The summed E-state index contributed by atoms with van der Waals surface area (Å²) in [6.45, 7) is 0.438. The first-order chi connectivity index (χ1) is 7.25. The molecule has 4 nitrogen and oxygen atoms in total. The second-order valence-electron chi connectivity index (χ2n) is 4.46. The molecule has 2 unspecified atom stereocenters. The van der Waals surface area contributed by atoms with E-state index in [1.165, 1.54) is 19.3 Å². The monoisotopic (exact) mass is 214 g/mol. The first-order valence-electron chi connectivity index (χ1n) is 5.74. The molecule has 0 amide bonds. The Kier molecular flexibility index (Phi) is 3.59. The van der Waals surface area contributed by atoms with Crippen molar-refractivity contribution in [1.29, 1.82) is 0 Å². The summed E-state index contributed by atoms with van der Waals surface area (Å²) in [6.07, 6.45) is 5.79. The second-order valence-corrected chi connectivity index (χ2v) is 4.46. The number of carboxylic acid groups (broad SMARTS) is 1. The van der Waals surface area contributed by atoms with Gasteiger partial charge in [0.25, 0.3) is 0 Å². The van der Waals surface area contributed by atoms with Crippen molar-refractivity contribution in [1.82, 2.24) is 0 Å². The number of carboxylic acids is 1. The normalized spacial score (nSPS) is 33.1. The Balaban J connectivity index is 1.78. The summed E-state index contributed by atoms with van der Waals surface area (Å²) in [7, 11) is 0. The summed E-state index contributed by atoms with van der Waals surface area (Å²) in [5.74, 6) is -0.328. The van der Waals surface area contributed by atoms with Crippen LogP contribution in [0.5, 0.6) is 0 Å². The van der Waals surface area contributed by atoms with Gasteiger partial charge in [0.15, 0.2) is 6.29 Å². The smallest absolute Gasteiger partial charge is 0.306 e. The van der Waals surface area contributed by atoms with Gasteiger partial charge >= 0.3 is 5.97 Å². The minimum Gasteiger partial charge on any atom is -0.481 e. The third-order valence-corrected chi connectivity index (χ3v) is 3.21. The van der Waals surface area contributed by atoms with E-state index in [2.05, 4.69) is 0 Å². The molecule has 0 aromatic heterocycles.